The standard InChI is InChI=1S/C25H27ClN4O3S/c1-18-6-5-7-20(16-18)33-24-22-17-30(34(31,32)21-10-8-19(26)9-11-21)15-12-23(22)27-25(28-24)29-13-3-2-4-14-29/h5-11,16H,2-4,12-15,17H2,1H3. The molecule has 0 bridgehead atoms. The van der Waals surface area contributed by atoms with Crippen molar-refractivity contribution in [1.82, 2.24) is 14.3 Å². The Morgan fingerprint density at radius 3 is 2.47 bits per heavy atom. The van der Waals surface area contributed by atoms with Crippen LogP contribution in [0.15, 0.2) is 53.4 Å². The molecule has 178 valence electrons. The van der Waals surface area contributed by atoms with E-state index in [0.29, 0.717) is 41.1 Å². The lowest BCUT2D eigenvalue weighted by Crippen LogP contribution is -2.37. The van der Waals surface area contributed by atoms with E-state index in [4.69, 9.17) is 26.3 Å². The summed E-state index contributed by atoms with van der Waals surface area (Å²) < 4.78 is 34.4. The highest BCUT2D eigenvalue weighted by Gasteiger charge is 2.32. The number of nitrogens with zero attached hydrogens (tertiary/aromatic N) is 4. The average molecular weight is 499 g/mol. The van der Waals surface area contributed by atoms with Crippen LogP contribution in [0.1, 0.15) is 36.1 Å². The molecular weight excluding hydrogens is 472 g/mol. The number of aryl methyl sites for hydroxylation is 1. The molecule has 1 fully saturated rings. The fourth-order valence-electron chi connectivity index (χ4n) is 4.42. The van der Waals surface area contributed by atoms with Crippen molar-refractivity contribution in [2.75, 3.05) is 24.5 Å². The Labute approximate surface area is 205 Å². The smallest absolute Gasteiger partial charge is 0.243 e. The number of hydrogen-bond acceptors (Lipinski definition) is 6. The second kappa shape index (κ2) is 9.52. The van der Waals surface area contributed by atoms with Gasteiger partial charge in [0.05, 0.1) is 16.2 Å². The van der Waals surface area contributed by atoms with Gasteiger partial charge in [0, 0.05) is 37.6 Å². The zero-order chi connectivity index (χ0) is 23.7. The fraction of sp³-hybridized carbons (Fsp3) is 0.360. The number of ether oxygens (including phenoxy) is 1. The molecule has 3 heterocycles. The van der Waals surface area contributed by atoms with Crippen LogP contribution in [-0.4, -0.2) is 42.3 Å². The number of halogens is 1. The van der Waals surface area contributed by atoms with Gasteiger partial charge in [-0.2, -0.15) is 9.29 Å². The van der Waals surface area contributed by atoms with Crippen molar-refractivity contribution >= 4 is 27.6 Å². The van der Waals surface area contributed by atoms with Crippen LogP contribution in [0.25, 0.3) is 0 Å². The van der Waals surface area contributed by atoms with Crippen LogP contribution in [-0.2, 0) is 23.0 Å². The maximum Gasteiger partial charge on any atom is 0.243 e. The number of fused-ring (bicyclic) bond motifs is 1. The number of aromatic nitrogens is 2. The van der Waals surface area contributed by atoms with Crippen LogP contribution in [0.2, 0.25) is 5.02 Å². The lowest BCUT2D eigenvalue weighted by Gasteiger charge is -2.31. The quantitative estimate of drug-likeness (QED) is 0.494. The lowest BCUT2D eigenvalue weighted by molar-refractivity contribution is 0.369. The van der Waals surface area contributed by atoms with Gasteiger partial charge in [0.1, 0.15) is 5.75 Å². The summed E-state index contributed by atoms with van der Waals surface area (Å²) in [5.74, 6) is 1.76. The Balaban J connectivity index is 1.52. The topological polar surface area (TPSA) is 75.6 Å². The lowest BCUT2D eigenvalue weighted by atomic mass is 10.1. The predicted molar refractivity (Wildman–Crippen MR) is 132 cm³/mol. The molecule has 0 spiro atoms. The summed E-state index contributed by atoms with van der Waals surface area (Å²) in [7, 11) is -3.70. The third-order valence-corrected chi connectivity index (χ3v) is 8.38. The first kappa shape index (κ1) is 23.1. The Morgan fingerprint density at radius 1 is 0.971 bits per heavy atom. The molecular formula is C25H27ClN4O3S. The van der Waals surface area contributed by atoms with Crippen LogP contribution < -0.4 is 9.64 Å². The van der Waals surface area contributed by atoms with Gasteiger partial charge in [0.15, 0.2) is 0 Å². The minimum atomic E-state index is -3.70. The second-order valence-corrected chi connectivity index (χ2v) is 11.1. The fourth-order valence-corrected chi connectivity index (χ4v) is 5.95. The van der Waals surface area contributed by atoms with Gasteiger partial charge in [-0.15, -0.1) is 0 Å². The number of hydrogen-bond donors (Lipinski definition) is 0. The highest BCUT2D eigenvalue weighted by Crippen LogP contribution is 2.34. The zero-order valence-corrected chi connectivity index (χ0v) is 20.6. The van der Waals surface area contributed by atoms with E-state index in [1.165, 1.54) is 22.9 Å². The van der Waals surface area contributed by atoms with Crippen molar-refractivity contribution in [1.29, 1.82) is 0 Å². The van der Waals surface area contributed by atoms with Crippen molar-refractivity contribution in [2.45, 2.75) is 44.0 Å². The number of sulfonamides is 1. The van der Waals surface area contributed by atoms with Gasteiger partial charge in [-0.1, -0.05) is 23.7 Å². The SMILES string of the molecule is Cc1cccc(Oc2nc(N3CCCCC3)nc3c2CN(S(=O)(=O)c2ccc(Cl)cc2)CC3)c1. The molecule has 2 aromatic carbocycles. The molecule has 9 heteroatoms. The summed E-state index contributed by atoms with van der Waals surface area (Å²) in [6.07, 6.45) is 3.94. The second-order valence-electron chi connectivity index (χ2n) is 8.76. The normalized spacial score (nSPS) is 16.8. The molecule has 5 rings (SSSR count). The van der Waals surface area contributed by atoms with Gasteiger partial charge in [-0.05, 0) is 68.1 Å². The molecule has 0 radical (unpaired) electrons. The molecule has 0 aliphatic carbocycles. The Kier molecular flexibility index (Phi) is 6.46. The Morgan fingerprint density at radius 2 is 1.74 bits per heavy atom. The highest BCUT2D eigenvalue weighted by atomic mass is 35.5. The van der Waals surface area contributed by atoms with Gasteiger partial charge in [-0.25, -0.2) is 13.4 Å². The van der Waals surface area contributed by atoms with Gasteiger partial charge in [0.25, 0.3) is 0 Å². The molecule has 0 saturated carbocycles. The zero-order valence-electron chi connectivity index (χ0n) is 19.1. The van der Waals surface area contributed by atoms with Crippen LogP contribution in [0.4, 0.5) is 5.95 Å². The van der Waals surface area contributed by atoms with E-state index in [-0.39, 0.29) is 11.4 Å². The molecule has 1 saturated heterocycles. The molecule has 0 N–H and O–H groups in total. The number of rotatable bonds is 5. The summed E-state index contributed by atoms with van der Waals surface area (Å²) in [5.41, 5.74) is 2.63. The summed E-state index contributed by atoms with van der Waals surface area (Å²) in [6, 6.07) is 14.0. The van der Waals surface area contributed by atoms with Crippen LogP contribution in [0, 0.1) is 6.92 Å². The number of benzene rings is 2. The van der Waals surface area contributed by atoms with Crippen molar-refractivity contribution in [3.05, 3.63) is 70.4 Å². The van der Waals surface area contributed by atoms with E-state index in [0.717, 1.165) is 37.2 Å². The summed E-state index contributed by atoms with van der Waals surface area (Å²) >= 11 is 5.96. The Bertz CT molecular complexity index is 1290. The molecule has 0 amide bonds. The maximum absolute atomic E-state index is 13.3. The number of piperidine rings is 1. The largest absolute Gasteiger partial charge is 0.438 e. The van der Waals surface area contributed by atoms with Gasteiger partial charge < -0.3 is 9.64 Å². The molecule has 3 aromatic rings. The van der Waals surface area contributed by atoms with Gasteiger partial charge in [-0.3, -0.25) is 0 Å². The summed E-state index contributed by atoms with van der Waals surface area (Å²) in [6.45, 7) is 4.33. The molecule has 1 aromatic heterocycles. The van der Waals surface area contributed by atoms with E-state index in [2.05, 4.69) is 4.90 Å². The monoisotopic (exact) mass is 498 g/mol. The predicted octanol–water partition coefficient (Wildman–Crippen LogP) is 4.97. The summed E-state index contributed by atoms with van der Waals surface area (Å²) in [5, 5.41) is 0.496. The average Bonchev–Trinajstić information content (AvgIpc) is 2.84. The first-order valence-corrected chi connectivity index (χ1v) is 13.4. The number of anilines is 1. The molecule has 2 aliphatic rings. The van der Waals surface area contributed by atoms with Crippen molar-refractivity contribution in [3.8, 4) is 11.6 Å². The Hall–Kier alpha value is -2.68. The van der Waals surface area contributed by atoms with E-state index in [1.54, 1.807) is 12.1 Å². The van der Waals surface area contributed by atoms with Crippen molar-refractivity contribution in [3.63, 3.8) is 0 Å². The molecule has 0 atom stereocenters. The van der Waals surface area contributed by atoms with E-state index >= 15 is 0 Å². The minimum absolute atomic E-state index is 0.154. The molecule has 2 aliphatic heterocycles. The minimum Gasteiger partial charge on any atom is -0.438 e. The summed E-state index contributed by atoms with van der Waals surface area (Å²) in [4.78, 5) is 12.1. The van der Waals surface area contributed by atoms with Crippen LogP contribution in [0.5, 0.6) is 11.6 Å². The van der Waals surface area contributed by atoms with Crippen LogP contribution in [0.3, 0.4) is 0 Å². The molecule has 7 nitrogen and oxygen atoms in total. The third-order valence-electron chi connectivity index (χ3n) is 6.27. The van der Waals surface area contributed by atoms with E-state index < -0.39 is 10.0 Å². The van der Waals surface area contributed by atoms with Crippen LogP contribution >= 0.6 is 11.6 Å². The maximum atomic E-state index is 13.3. The van der Waals surface area contributed by atoms with Gasteiger partial charge >= 0.3 is 0 Å². The third kappa shape index (κ3) is 4.76. The molecule has 0 unspecified atom stereocenters. The first-order valence-electron chi connectivity index (χ1n) is 11.6. The first-order chi connectivity index (χ1) is 16.4. The molecule has 34 heavy (non-hydrogen) atoms. The van der Waals surface area contributed by atoms with Crippen molar-refractivity contribution in [2.24, 2.45) is 0 Å². The highest BCUT2D eigenvalue weighted by molar-refractivity contribution is 7.89. The van der Waals surface area contributed by atoms with E-state index in [9.17, 15) is 8.42 Å². The van der Waals surface area contributed by atoms with Gasteiger partial charge in [0.2, 0.25) is 21.9 Å². The van der Waals surface area contributed by atoms with E-state index in [1.807, 2.05) is 31.2 Å². The van der Waals surface area contributed by atoms with Crippen molar-refractivity contribution < 1.29 is 13.2 Å².